The lowest BCUT2D eigenvalue weighted by atomic mass is 10.2. The number of hydrogen-bond acceptors (Lipinski definition) is 6. The third-order valence-corrected chi connectivity index (χ3v) is 5.76. The van der Waals surface area contributed by atoms with E-state index in [1.807, 2.05) is 6.07 Å². The lowest BCUT2D eigenvalue weighted by molar-refractivity contribution is -0.121. The van der Waals surface area contributed by atoms with Crippen molar-refractivity contribution in [2.45, 2.75) is 11.3 Å². The number of para-hydroxylation sites is 1. The Bertz CT molecular complexity index is 1040. The summed E-state index contributed by atoms with van der Waals surface area (Å²) in [6, 6.07) is 14.3. The molecule has 0 aliphatic heterocycles. The molecule has 0 saturated carbocycles. The average Bonchev–Trinajstić information content (AvgIpc) is 2.73. The number of halogens is 1. The highest BCUT2D eigenvalue weighted by Gasteiger charge is 2.21. The third kappa shape index (κ3) is 5.77. The van der Waals surface area contributed by atoms with Crippen molar-refractivity contribution in [1.29, 1.82) is 5.26 Å². The van der Waals surface area contributed by atoms with Crippen molar-refractivity contribution in [3.8, 4) is 6.07 Å². The van der Waals surface area contributed by atoms with Crippen LogP contribution in [0.4, 0.5) is 5.69 Å². The number of hydrogen-bond donors (Lipinski definition) is 1. The van der Waals surface area contributed by atoms with Crippen molar-refractivity contribution in [2.75, 3.05) is 25.1 Å². The number of rotatable bonds is 8. The SMILES string of the molecule is CNS(=O)(=O)c1cc(C(=O)OCC(=O)N(CCC#N)c2ccccc2)ccc1Cl. The van der Waals surface area contributed by atoms with E-state index in [1.165, 1.54) is 24.1 Å². The molecule has 29 heavy (non-hydrogen) atoms. The van der Waals surface area contributed by atoms with E-state index in [0.29, 0.717) is 5.69 Å². The van der Waals surface area contributed by atoms with Gasteiger partial charge in [-0.05, 0) is 37.4 Å². The van der Waals surface area contributed by atoms with Crippen molar-refractivity contribution in [3.05, 3.63) is 59.1 Å². The smallest absolute Gasteiger partial charge is 0.338 e. The Hall–Kier alpha value is -2.93. The van der Waals surface area contributed by atoms with Gasteiger partial charge in [-0.2, -0.15) is 5.26 Å². The van der Waals surface area contributed by atoms with E-state index in [4.69, 9.17) is 21.6 Å². The van der Waals surface area contributed by atoms with Gasteiger partial charge in [0.15, 0.2) is 6.61 Å². The Kier molecular flexibility index (Phi) is 7.73. The Morgan fingerprint density at radius 1 is 1.21 bits per heavy atom. The molecule has 0 aliphatic rings. The Balaban J connectivity index is 2.14. The molecule has 2 rings (SSSR count). The van der Waals surface area contributed by atoms with Crippen molar-refractivity contribution in [1.82, 2.24) is 4.72 Å². The largest absolute Gasteiger partial charge is 0.452 e. The molecule has 0 aromatic heterocycles. The van der Waals surface area contributed by atoms with Gasteiger partial charge in [0, 0.05) is 12.2 Å². The molecule has 10 heteroatoms. The van der Waals surface area contributed by atoms with E-state index < -0.39 is 28.5 Å². The molecular weight excluding hydrogens is 418 g/mol. The van der Waals surface area contributed by atoms with Gasteiger partial charge in [-0.25, -0.2) is 17.9 Å². The van der Waals surface area contributed by atoms with Crippen LogP contribution in [-0.2, 0) is 19.6 Å². The minimum atomic E-state index is -3.87. The summed E-state index contributed by atoms with van der Waals surface area (Å²) in [5.41, 5.74) is 0.497. The highest BCUT2D eigenvalue weighted by atomic mass is 35.5. The van der Waals surface area contributed by atoms with Gasteiger partial charge in [0.25, 0.3) is 5.91 Å². The number of anilines is 1. The van der Waals surface area contributed by atoms with Crippen LogP contribution >= 0.6 is 11.6 Å². The molecule has 0 spiro atoms. The topological polar surface area (TPSA) is 117 Å². The molecule has 0 radical (unpaired) electrons. The highest BCUT2D eigenvalue weighted by molar-refractivity contribution is 7.89. The number of nitriles is 1. The van der Waals surface area contributed by atoms with Gasteiger partial charge >= 0.3 is 5.97 Å². The standard InChI is InChI=1S/C19H18ClN3O5S/c1-22-29(26,27)17-12-14(8-9-16(17)20)19(25)28-13-18(24)23(11-5-10-21)15-6-3-2-4-7-15/h2-4,6-9,12,22H,5,11,13H2,1H3. The van der Waals surface area contributed by atoms with E-state index in [2.05, 4.69) is 4.72 Å². The summed E-state index contributed by atoms with van der Waals surface area (Å²) < 4.78 is 31.1. The number of benzene rings is 2. The maximum Gasteiger partial charge on any atom is 0.338 e. The second-order valence-corrected chi connectivity index (χ2v) is 7.98. The first-order valence-electron chi connectivity index (χ1n) is 8.42. The summed E-state index contributed by atoms with van der Waals surface area (Å²) in [4.78, 5) is 25.9. The first kappa shape index (κ1) is 22.4. The van der Waals surface area contributed by atoms with Crippen LogP contribution in [0.15, 0.2) is 53.4 Å². The van der Waals surface area contributed by atoms with Crippen molar-refractivity contribution in [3.63, 3.8) is 0 Å². The second-order valence-electron chi connectivity index (χ2n) is 5.72. The number of nitrogens with zero attached hydrogens (tertiary/aromatic N) is 2. The summed E-state index contributed by atoms with van der Waals surface area (Å²) in [5, 5.41) is 8.75. The van der Waals surface area contributed by atoms with Crippen LogP contribution in [0.1, 0.15) is 16.8 Å². The summed E-state index contributed by atoms with van der Waals surface area (Å²) in [5.74, 6) is -1.40. The van der Waals surface area contributed by atoms with Gasteiger partial charge in [-0.3, -0.25) is 4.79 Å². The Morgan fingerprint density at radius 2 is 1.90 bits per heavy atom. The summed E-state index contributed by atoms with van der Waals surface area (Å²) in [6.45, 7) is -0.432. The van der Waals surface area contributed by atoms with Gasteiger partial charge in [0.05, 0.1) is 23.1 Å². The first-order valence-corrected chi connectivity index (χ1v) is 10.3. The minimum Gasteiger partial charge on any atom is -0.452 e. The molecule has 1 N–H and O–H groups in total. The molecule has 0 unspecified atom stereocenters. The number of amides is 1. The predicted molar refractivity (Wildman–Crippen MR) is 107 cm³/mol. The Labute approximate surface area is 173 Å². The summed E-state index contributed by atoms with van der Waals surface area (Å²) in [7, 11) is -2.65. The fraction of sp³-hybridized carbons (Fsp3) is 0.211. The fourth-order valence-corrected chi connectivity index (χ4v) is 3.65. The number of carbonyl (C=O) groups is 2. The van der Waals surface area contributed by atoms with Gasteiger partial charge < -0.3 is 9.64 Å². The molecule has 0 saturated heterocycles. The number of ether oxygens (including phenoxy) is 1. The lowest BCUT2D eigenvalue weighted by Gasteiger charge is -2.21. The zero-order valence-electron chi connectivity index (χ0n) is 15.5. The quantitative estimate of drug-likeness (QED) is 0.636. The van der Waals surface area contributed by atoms with Crippen LogP contribution in [0.25, 0.3) is 0 Å². The van der Waals surface area contributed by atoms with Gasteiger partial charge in [-0.15, -0.1) is 0 Å². The average molecular weight is 436 g/mol. The second kappa shape index (κ2) is 10.0. The maximum absolute atomic E-state index is 12.5. The van der Waals surface area contributed by atoms with E-state index in [1.54, 1.807) is 30.3 Å². The minimum absolute atomic E-state index is 0.0567. The molecule has 1 amide bonds. The number of nitrogens with one attached hydrogen (secondary N) is 1. The third-order valence-electron chi connectivity index (χ3n) is 3.87. The molecule has 152 valence electrons. The molecular formula is C19H18ClN3O5S. The number of sulfonamides is 1. The molecule has 8 nitrogen and oxygen atoms in total. The fourth-order valence-electron chi connectivity index (χ4n) is 2.40. The zero-order chi connectivity index (χ0) is 21.4. The predicted octanol–water partition coefficient (Wildman–Crippen LogP) is 2.35. The monoisotopic (exact) mass is 435 g/mol. The van der Waals surface area contributed by atoms with Crippen LogP contribution in [0, 0.1) is 11.3 Å². The van der Waals surface area contributed by atoms with Crippen LogP contribution < -0.4 is 9.62 Å². The van der Waals surface area contributed by atoms with Crippen LogP contribution in [0.3, 0.4) is 0 Å². The van der Waals surface area contributed by atoms with Gasteiger partial charge in [-0.1, -0.05) is 29.8 Å². The molecule has 0 aliphatic carbocycles. The van der Waals surface area contributed by atoms with Crippen LogP contribution in [0.5, 0.6) is 0 Å². The molecule has 0 bridgehead atoms. The molecule has 0 atom stereocenters. The van der Waals surface area contributed by atoms with Crippen LogP contribution in [0.2, 0.25) is 5.02 Å². The molecule has 0 heterocycles. The molecule has 2 aromatic rings. The maximum atomic E-state index is 12.5. The van der Waals surface area contributed by atoms with Crippen LogP contribution in [-0.4, -0.2) is 40.5 Å². The highest BCUT2D eigenvalue weighted by Crippen LogP contribution is 2.23. The van der Waals surface area contributed by atoms with Crippen molar-refractivity contribution < 1.29 is 22.7 Å². The first-order chi connectivity index (χ1) is 13.8. The summed E-state index contributed by atoms with van der Waals surface area (Å²) >= 11 is 5.89. The molecule has 0 fully saturated rings. The lowest BCUT2D eigenvalue weighted by Crippen LogP contribution is -2.35. The van der Waals surface area contributed by atoms with E-state index in [-0.39, 0.29) is 28.4 Å². The number of esters is 1. The molecule has 2 aromatic carbocycles. The summed E-state index contributed by atoms with van der Waals surface area (Å²) in [6.07, 6.45) is 0.108. The van der Waals surface area contributed by atoms with E-state index >= 15 is 0 Å². The van der Waals surface area contributed by atoms with Gasteiger partial charge in [0.2, 0.25) is 10.0 Å². The Morgan fingerprint density at radius 3 is 2.52 bits per heavy atom. The van der Waals surface area contributed by atoms with Gasteiger partial charge in [0.1, 0.15) is 4.90 Å². The van der Waals surface area contributed by atoms with Crippen molar-refractivity contribution >= 4 is 39.2 Å². The number of carbonyl (C=O) groups excluding carboxylic acids is 2. The van der Waals surface area contributed by atoms with E-state index in [9.17, 15) is 18.0 Å². The normalized spacial score (nSPS) is 10.8. The van der Waals surface area contributed by atoms with E-state index in [0.717, 1.165) is 6.07 Å². The zero-order valence-corrected chi connectivity index (χ0v) is 17.0. The van der Waals surface area contributed by atoms with Crippen molar-refractivity contribution in [2.24, 2.45) is 0 Å².